The van der Waals surface area contributed by atoms with Crippen molar-refractivity contribution in [3.05, 3.63) is 87.0 Å². The van der Waals surface area contributed by atoms with Gasteiger partial charge in [-0.2, -0.15) is 13.2 Å². The fraction of sp³-hybridized carbons (Fsp3) is 0.406. The van der Waals surface area contributed by atoms with E-state index in [0.29, 0.717) is 41.4 Å². The lowest BCUT2D eigenvalue weighted by Crippen LogP contribution is -2.51. The van der Waals surface area contributed by atoms with Crippen LogP contribution < -0.4 is 5.32 Å². The molecule has 0 radical (unpaired) electrons. The molecule has 1 aromatic heterocycles. The Kier molecular flexibility index (Phi) is 10.5. The molecule has 250 valence electrons. The molecule has 0 aliphatic carbocycles. The first-order valence-electron chi connectivity index (χ1n) is 15.0. The van der Waals surface area contributed by atoms with E-state index in [4.69, 9.17) is 27.6 Å². The Bertz CT molecular complexity index is 1670. The number of benzene rings is 2. The maximum Gasteiger partial charge on any atom is 0.416 e. The van der Waals surface area contributed by atoms with Gasteiger partial charge in [-0.3, -0.25) is 19.2 Å². The van der Waals surface area contributed by atoms with Crippen molar-refractivity contribution in [2.24, 2.45) is 0 Å². The Morgan fingerprint density at radius 2 is 1.64 bits per heavy atom. The first-order valence-corrected chi connectivity index (χ1v) is 15.8. The standard InChI is InChI=1S/C32H32Cl2F3N5O5/c1-19-30-39-25(18-47-30)31(46)41(13-10-20-4-2-5-22(14-20)32(35,36)37)16-27(43)40(12-9-21-7-8-23(33)24(34)15-21)17-28(44)42-11-3-6-26(42)29(45)38-19/h2,4-5,7-8,14-15,18-19,26H,3,6,9-13,16-17H2,1H3,(H,38,45)/t19-,26+/m1/s1. The van der Waals surface area contributed by atoms with Crippen molar-refractivity contribution < 1.29 is 36.8 Å². The fourth-order valence-electron chi connectivity index (χ4n) is 5.64. The van der Waals surface area contributed by atoms with Gasteiger partial charge in [0, 0.05) is 19.6 Å². The molecule has 1 N–H and O–H groups in total. The van der Waals surface area contributed by atoms with Crippen molar-refractivity contribution in [2.75, 3.05) is 32.7 Å². The number of hydrogen-bond acceptors (Lipinski definition) is 6. The van der Waals surface area contributed by atoms with E-state index in [1.807, 2.05) is 0 Å². The second-order valence-electron chi connectivity index (χ2n) is 11.5. The molecular weight excluding hydrogens is 662 g/mol. The van der Waals surface area contributed by atoms with Crippen LogP contribution in [0.25, 0.3) is 0 Å². The Morgan fingerprint density at radius 3 is 2.36 bits per heavy atom. The average molecular weight is 695 g/mol. The number of fused-ring (bicyclic) bond motifs is 3. The predicted octanol–water partition coefficient (Wildman–Crippen LogP) is 4.94. The zero-order chi connectivity index (χ0) is 33.9. The van der Waals surface area contributed by atoms with E-state index in [1.54, 1.807) is 25.1 Å². The van der Waals surface area contributed by atoms with Crippen LogP contribution in [0.15, 0.2) is 53.1 Å². The summed E-state index contributed by atoms with van der Waals surface area (Å²) >= 11 is 12.2. The average Bonchev–Trinajstić information content (AvgIpc) is 3.73. The number of nitrogens with zero attached hydrogens (tertiary/aromatic N) is 4. The van der Waals surface area contributed by atoms with Crippen molar-refractivity contribution in [3.8, 4) is 0 Å². The molecule has 4 amide bonds. The summed E-state index contributed by atoms with van der Waals surface area (Å²) in [5.74, 6) is -2.10. The zero-order valence-electron chi connectivity index (χ0n) is 25.4. The van der Waals surface area contributed by atoms with Gasteiger partial charge in [0.2, 0.25) is 23.6 Å². The van der Waals surface area contributed by atoms with E-state index in [1.165, 1.54) is 26.8 Å². The van der Waals surface area contributed by atoms with E-state index < -0.39 is 54.0 Å². The van der Waals surface area contributed by atoms with Crippen LogP contribution in [0, 0.1) is 0 Å². The minimum absolute atomic E-state index is 0.00221. The van der Waals surface area contributed by atoms with Gasteiger partial charge in [-0.15, -0.1) is 0 Å². The molecule has 2 aliphatic rings. The summed E-state index contributed by atoms with van der Waals surface area (Å²) in [7, 11) is 0. The van der Waals surface area contributed by atoms with Gasteiger partial charge in [0.25, 0.3) is 5.91 Å². The van der Waals surface area contributed by atoms with Crippen molar-refractivity contribution in [1.82, 2.24) is 25.0 Å². The number of rotatable bonds is 6. The molecular formula is C32H32Cl2F3N5O5. The van der Waals surface area contributed by atoms with E-state index in [9.17, 15) is 32.3 Å². The third-order valence-electron chi connectivity index (χ3n) is 8.22. The lowest BCUT2D eigenvalue weighted by molar-refractivity contribution is -0.143. The number of nitrogens with one attached hydrogen (secondary N) is 1. The highest BCUT2D eigenvalue weighted by molar-refractivity contribution is 6.42. The Balaban J connectivity index is 1.46. The highest BCUT2D eigenvalue weighted by Crippen LogP contribution is 2.30. The maximum atomic E-state index is 13.9. The number of alkyl halides is 3. The number of halogens is 5. The predicted molar refractivity (Wildman–Crippen MR) is 166 cm³/mol. The Morgan fingerprint density at radius 1 is 0.936 bits per heavy atom. The maximum absolute atomic E-state index is 13.9. The van der Waals surface area contributed by atoms with Crippen LogP contribution in [0.3, 0.4) is 0 Å². The minimum atomic E-state index is -4.55. The van der Waals surface area contributed by atoms with Crippen LogP contribution in [-0.4, -0.2) is 82.1 Å². The number of hydrogen-bond donors (Lipinski definition) is 1. The molecule has 0 spiro atoms. The molecule has 2 bridgehead atoms. The third-order valence-corrected chi connectivity index (χ3v) is 8.96. The molecule has 15 heteroatoms. The summed E-state index contributed by atoms with van der Waals surface area (Å²) in [6.45, 7) is 1.02. The molecule has 2 atom stereocenters. The summed E-state index contributed by atoms with van der Waals surface area (Å²) in [5.41, 5.74) is 0.0722. The summed E-state index contributed by atoms with van der Waals surface area (Å²) < 4.78 is 45.6. The summed E-state index contributed by atoms with van der Waals surface area (Å²) in [6.07, 6.45) is -2.12. The Labute approximate surface area is 278 Å². The third kappa shape index (κ3) is 8.25. The minimum Gasteiger partial charge on any atom is -0.446 e. The lowest BCUT2D eigenvalue weighted by atomic mass is 10.1. The van der Waals surface area contributed by atoms with Crippen molar-refractivity contribution in [3.63, 3.8) is 0 Å². The van der Waals surface area contributed by atoms with Crippen LogP contribution in [-0.2, 0) is 33.4 Å². The van der Waals surface area contributed by atoms with E-state index in [-0.39, 0.29) is 37.6 Å². The van der Waals surface area contributed by atoms with E-state index in [2.05, 4.69) is 10.3 Å². The second kappa shape index (κ2) is 14.3. The molecule has 2 aromatic carbocycles. The normalized spacial score (nSPS) is 19.8. The van der Waals surface area contributed by atoms with Gasteiger partial charge in [0.15, 0.2) is 5.69 Å². The lowest BCUT2D eigenvalue weighted by Gasteiger charge is -2.30. The highest BCUT2D eigenvalue weighted by atomic mass is 35.5. The van der Waals surface area contributed by atoms with Crippen molar-refractivity contribution >= 4 is 46.8 Å². The Hall–Kier alpha value is -4.10. The topological polar surface area (TPSA) is 116 Å². The number of carbonyl (C=O) groups excluding carboxylic acids is 4. The zero-order valence-corrected chi connectivity index (χ0v) is 26.9. The van der Waals surface area contributed by atoms with Crippen LogP contribution >= 0.6 is 23.2 Å². The van der Waals surface area contributed by atoms with Gasteiger partial charge >= 0.3 is 6.18 Å². The highest BCUT2D eigenvalue weighted by Gasteiger charge is 2.37. The molecule has 47 heavy (non-hydrogen) atoms. The van der Waals surface area contributed by atoms with Crippen LogP contribution in [0.2, 0.25) is 10.0 Å². The van der Waals surface area contributed by atoms with Gasteiger partial charge in [-0.05, 0) is 61.9 Å². The smallest absolute Gasteiger partial charge is 0.416 e. The van der Waals surface area contributed by atoms with Crippen LogP contribution in [0.4, 0.5) is 13.2 Å². The number of carbonyl (C=O) groups is 4. The van der Waals surface area contributed by atoms with Gasteiger partial charge in [0.05, 0.1) is 22.2 Å². The SMILES string of the molecule is C[C@H]1NC(=O)[C@@H]2CCCN2C(=O)CN(CCc2ccc(Cl)c(Cl)c2)C(=O)CN(CCc2cccc(C(F)(F)F)c2)C(=O)c2coc1n2. The first kappa shape index (κ1) is 34.2. The molecule has 1 fully saturated rings. The quantitative estimate of drug-likeness (QED) is 0.391. The molecule has 1 saturated heterocycles. The van der Waals surface area contributed by atoms with E-state index >= 15 is 0 Å². The summed E-state index contributed by atoms with van der Waals surface area (Å²) in [6, 6.07) is 8.23. The molecule has 5 rings (SSSR count). The molecule has 0 unspecified atom stereocenters. The fourth-order valence-corrected chi connectivity index (χ4v) is 5.96. The van der Waals surface area contributed by atoms with Gasteiger partial charge in [-0.25, -0.2) is 4.98 Å². The largest absolute Gasteiger partial charge is 0.446 e. The van der Waals surface area contributed by atoms with Crippen LogP contribution in [0.5, 0.6) is 0 Å². The second-order valence-corrected chi connectivity index (χ2v) is 12.3. The first-order chi connectivity index (χ1) is 22.3. The van der Waals surface area contributed by atoms with Crippen LogP contribution in [0.1, 0.15) is 58.9 Å². The van der Waals surface area contributed by atoms with Crippen molar-refractivity contribution in [2.45, 2.75) is 50.9 Å². The van der Waals surface area contributed by atoms with Gasteiger partial charge < -0.3 is 24.4 Å². The molecule has 3 aromatic rings. The number of aromatic nitrogens is 1. The number of amides is 4. The summed E-state index contributed by atoms with van der Waals surface area (Å²) in [5, 5.41) is 3.47. The van der Waals surface area contributed by atoms with Gasteiger partial charge in [0.1, 0.15) is 24.9 Å². The van der Waals surface area contributed by atoms with Crippen molar-refractivity contribution in [1.29, 1.82) is 0 Å². The molecule has 3 heterocycles. The number of oxazole rings is 1. The monoisotopic (exact) mass is 693 g/mol. The van der Waals surface area contributed by atoms with E-state index in [0.717, 1.165) is 24.0 Å². The molecule has 10 nitrogen and oxygen atoms in total. The summed E-state index contributed by atoms with van der Waals surface area (Å²) in [4.78, 5) is 62.6. The van der Waals surface area contributed by atoms with Gasteiger partial charge in [-0.1, -0.05) is 47.5 Å². The molecule has 0 saturated carbocycles. The molecule has 2 aliphatic heterocycles.